The summed E-state index contributed by atoms with van der Waals surface area (Å²) in [6.45, 7) is -0.180. The van der Waals surface area contributed by atoms with Crippen LogP contribution in [0.25, 0.3) is 5.69 Å². The number of hydrogen-bond acceptors (Lipinski definition) is 2. The predicted octanol–water partition coefficient (Wildman–Crippen LogP) is 2.27. The molecule has 0 radical (unpaired) electrons. The maximum Gasteiger partial charge on any atom is 0.150 e. The number of rotatable bonds is 2. The van der Waals surface area contributed by atoms with Crippen LogP contribution in [0.2, 0.25) is 0 Å². The standard InChI is InChI=1S/C10H8BrFN2O/c11-8-2-1-3-9(12)10(8)14-7(6-15)4-5-13-14/h1-5,15H,6H2. The quantitative estimate of drug-likeness (QED) is 0.909. The predicted molar refractivity (Wildman–Crippen MR) is 57.1 cm³/mol. The molecule has 1 N–H and O–H groups in total. The fourth-order valence-electron chi connectivity index (χ4n) is 1.34. The van der Waals surface area contributed by atoms with Gasteiger partial charge in [-0.1, -0.05) is 6.07 Å². The third-order valence-electron chi connectivity index (χ3n) is 2.03. The molecule has 1 aromatic heterocycles. The van der Waals surface area contributed by atoms with Crippen LogP contribution in [0.3, 0.4) is 0 Å². The average Bonchev–Trinajstić information content (AvgIpc) is 2.65. The highest BCUT2D eigenvalue weighted by Gasteiger charge is 2.12. The van der Waals surface area contributed by atoms with E-state index in [1.165, 1.54) is 16.9 Å². The minimum absolute atomic E-state index is 0.180. The molecule has 5 heteroatoms. The maximum atomic E-state index is 13.6. The Hall–Kier alpha value is -1.20. The molecule has 0 aliphatic carbocycles. The summed E-state index contributed by atoms with van der Waals surface area (Å²) in [5.74, 6) is -0.386. The van der Waals surface area contributed by atoms with Crippen LogP contribution in [0, 0.1) is 5.82 Å². The summed E-state index contributed by atoms with van der Waals surface area (Å²) in [5, 5.41) is 13.0. The van der Waals surface area contributed by atoms with Gasteiger partial charge in [0.2, 0.25) is 0 Å². The molecule has 0 fully saturated rings. The second-order valence-corrected chi connectivity index (χ2v) is 3.82. The topological polar surface area (TPSA) is 38.1 Å². The fourth-order valence-corrected chi connectivity index (χ4v) is 1.85. The van der Waals surface area contributed by atoms with E-state index in [4.69, 9.17) is 5.11 Å². The van der Waals surface area contributed by atoms with Gasteiger partial charge in [0.15, 0.2) is 0 Å². The zero-order valence-corrected chi connectivity index (χ0v) is 9.28. The lowest BCUT2D eigenvalue weighted by Crippen LogP contribution is -2.05. The average molecular weight is 271 g/mol. The monoisotopic (exact) mass is 270 g/mol. The summed E-state index contributed by atoms with van der Waals surface area (Å²) >= 11 is 3.25. The van der Waals surface area contributed by atoms with Gasteiger partial charge in [0.1, 0.15) is 11.5 Å². The van der Waals surface area contributed by atoms with E-state index < -0.39 is 0 Å². The van der Waals surface area contributed by atoms with Crippen LogP contribution in [0.5, 0.6) is 0 Å². The van der Waals surface area contributed by atoms with Crippen molar-refractivity contribution in [2.75, 3.05) is 0 Å². The molecule has 0 spiro atoms. The van der Waals surface area contributed by atoms with Gasteiger partial charge < -0.3 is 5.11 Å². The first-order valence-electron chi connectivity index (χ1n) is 4.32. The van der Waals surface area contributed by atoms with Crippen LogP contribution in [-0.4, -0.2) is 14.9 Å². The zero-order chi connectivity index (χ0) is 10.8. The number of para-hydroxylation sites is 1. The van der Waals surface area contributed by atoms with E-state index in [9.17, 15) is 4.39 Å². The van der Waals surface area contributed by atoms with Crippen LogP contribution in [0.1, 0.15) is 5.69 Å². The van der Waals surface area contributed by atoms with Gasteiger partial charge in [-0.25, -0.2) is 9.07 Å². The normalized spacial score (nSPS) is 10.6. The van der Waals surface area contributed by atoms with Gasteiger partial charge in [0, 0.05) is 10.7 Å². The van der Waals surface area contributed by atoms with Crippen molar-refractivity contribution in [1.29, 1.82) is 0 Å². The van der Waals surface area contributed by atoms with E-state index in [2.05, 4.69) is 21.0 Å². The molecule has 3 nitrogen and oxygen atoms in total. The van der Waals surface area contributed by atoms with Crippen molar-refractivity contribution in [3.63, 3.8) is 0 Å². The summed E-state index contributed by atoms with van der Waals surface area (Å²) in [6.07, 6.45) is 1.52. The lowest BCUT2D eigenvalue weighted by molar-refractivity contribution is 0.273. The van der Waals surface area contributed by atoms with E-state index in [1.807, 2.05) is 0 Å². The molecule has 0 bridgehead atoms. The number of aromatic nitrogens is 2. The molecule has 2 aromatic rings. The molecule has 15 heavy (non-hydrogen) atoms. The van der Waals surface area contributed by atoms with E-state index in [0.29, 0.717) is 15.9 Å². The molecule has 0 amide bonds. The van der Waals surface area contributed by atoms with Crippen molar-refractivity contribution in [3.8, 4) is 5.69 Å². The molecular formula is C10H8BrFN2O. The Labute approximate surface area is 94.3 Å². The van der Waals surface area contributed by atoms with E-state index >= 15 is 0 Å². The summed E-state index contributed by atoms with van der Waals surface area (Å²) in [6, 6.07) is 6.31. The van der Waals surface area contributed by atoms with Gasteiger partial charge in [-0.05, 0) is 34.1 Å². The number of aliphatic hydroxyl groups is 1. The van der Waals surface area contributed by atoms with Gasteiger partial charge >= 0.3 is 0 Å². The molecule has 0 saturated carbocycles. The second-order valence-electron chi connectivity index (χ2n) is 2.96. The molecule has 2 rings (SSSR count). The Bertz CT molecular complexity index is 464. The van der Waals surface area contributed by atoms with Crippen molar-refractivity contribution in [1.82, 2.24) is 9.78 Å². The molecule has 1 aromatic carbocycles. The van der Waals surface area contributed by atoms with E-state index in [1.54, 1.807) is 18.2 Å². The Kier molecular flexibility index (Phi) is 2.83. The second kappa shape index (κ2) is 4.12. The van der Waals surface area contributed by atoms with Crippen molar-refractivity contribution < 1.29 is 9.50 Å². The molecule has 0 aliphatic heterocycles. The Morgan fingerprint density at radius 3 is 2.87 bits per heavy atom. The molecule has 0 atom stereocenters. The van der Waals surface area contributed by atoms with E-state index in [-0.39, 0.29) is 12.4 Å². The lowest BCUT2D eigenvalue weighted by atomic mass is 10.3. The highest BCUT2D eigenvalue weighted by Crippen LogP contribution is 2.24. The van der Waals surface area contributed by atoms with Crippen LogP contribution in [0.15, 0.2) is 34.9 Å². The number of aliphatic hydroxyl groups excluding tert-OH is 1. The zero-order valence-electron chi connectivity index (χ0n) is 7.69. The van der Waals surface area contributed by atoms with E-state index in [0.717, 1.165) is 0 Å². The number of halogens is 2. The third-order valence-corrected chi connectivity index (χ3v) is 2.67. The molecule has 1 heterocycles. The van der Waals surface area contributed by atoms with Gasteiger partial charge in [-0.2, -0.15) is 5.10 Å². The summed E-state index contributed by atoms with van der Waals surface area (Å²) in [5.41, 5.74) is 0.854. The minimum Gasteiger partial charge on any atom is -0.390 e. The van der Waals surface area contributed by atoms with Gasteiger partial charge in [0.25, 0.3) is 0 Å². The molecule has 0 aliphatic rings. The number of nitrogens with zero attached hydrogens (tertiary/aromatic N) is 2. The largest absolute Gasteiger partial charge is 0.390 e. The first kappa shape index (κ1) is 10.3. The van der Waals surface area contributed by atoms with Crippen LogP contribution >= 0.6 is 15.9 Å². The first-order chi connectivity index (χ1) is 7.24. The highest BCUT2D eigenvalue weighted by molar-refractivity contribution is 9.10. The molecular weight excluding hydrogens is 263 g/mol. The fraction of sp³-hybridized carbons (Fsp3) is 0.100. The van der Waals surface area contributed by atoms with Crippen LogP contribution < -0.4 is 0 Å². The molecule has 0 unspecified atom stereocenters. The van der Waals surface area contributed by atoms with Gasteiger partial charge in [-0.3, -0.25) is 0 Å². The highest BCUT2D eigenvalue weighted by atomic mass is 79.9. The SMILES string of the molecule is OCc1ccnn1-c1c(F)cccc1Br. The van der Waals surface area contributed by atoms with Gasteiger partial charge in [0.05, 0.1) is 12.3 Å². The minimum atomic E-state index is -0.386. The molecule has 78 valence electrons. The maximum absolute atomic E-state index is 13.6. The Morgan fingerprint density at radius 1 is 1.40 bits per heavy atom. The van der Waals surface area contributed by atoms with Crippen LogP contribution in [0.4, 0.5) is 4.39 Å². The van der Waals surface area contributed by atoms with Gasteiger partial charge in [-0.15, -0.1) is 0 Å². The van der Waals surface area contributed by atoms with Crippen molar-refractivity contribution >= 4 is 15.9 Å². The number of hydrogen-bond donors (Lipinski definition) is 1. The summed E-state index contributed by atoms with van der Waals surface area (Å²) in [4.78, 5) is 0. The smallest absolute Gasteiger partial charge is 0.150 e. The van der Waals surface area contributed by atoms with Crippen molar-refractivity contribution in [2.24, 2.45) is 0 Å². The summed E-state index contributed by atoms with van der Waals surface area (Å²) < 4.78 is 15.5. The van der Waals surface area contributed by atoms with Crippen LogP contribution in [-0.2, 0) is 6.61 Å². The Balaban J connectivity index is 2.63. The molecule has 0 saturated heterocycles. The Morgan fingerprint density at radius 2 is 2.20 bits per heavy atom. The summed E-state index contributed by atoms with van der Waals surface area (Å²) in [7, 11) is 0. The number of benzene rings is 1. The lowest BCUT2D eigenvalue weighted by Gasteiger charge is -2.08. The first-order valence-corrected chi connectivity index (χ1v) is 5.11. The van der Waals surface area contributed by atoms with Crippen molar-refractivity contribution in [2.45, 2.75) is 6.61 Å². The van der Waals surface area contributed by atoms with Crippen molar-refractivity contribution in [3.05, 3.63) is 46.4 Å². The third kappa shape index (κ3) is 1.80.